The van der Waals surface area contributed by atoms with Crippen LogP contribution in [0.15, 0.2) is 0 Å². The van der Waals surface area contributed by atoms with Crippen LogP contribution >= 0.6 is 12.4 Å². The highest BCUT2D eigenvalue weighted by molar-refractivity contribution is 5.85. The van der Waals surface area contributed by atoms with Gasteiger partial charge in [0.2, 0.25) is 5.91 Å². The van der Waals surface area contributed by atoms with Crippen molar-refractivity contribution in [2.45, 2.75) is 32.2 Å². The average Bonchev–Trinajstić information content (AvgIpc) is 2.97. The molecule has 1 unspecified atom stereocenters. The maximum absolute atomic E-state index is 11.4. The Kier molecular flexibility index (Phi) is 6.17. The van der Waals surface area contributed by atoms with Gasteiger partial charge in [0.25, 0.3) is 0 Å². The number of hydrogen-bond acceptors (Lipinski definition) is 3. The second kappa shape index (κ2) is 6.30. The quantitative estimate of drug-likeness (QED) is 0.713. The molecule has 1 atom stereocenters. The lowest BCUT2D eigenvalue weighted by Gasteiger charge is -2.29. The number of hydrogen-bond donors (Lipinski definition) is 2. The van der Waals surface area contributed by atoms with Gasteiger partial charge >= 0.3 is 0 Å². The summed E-state index contributed by atoms with van der Waals surface area (Å²) in [4.78, 5) is 11.4. The molecule has 90 valence electrons. The molecule has 1 fully saturated rings. The van der Waals surface area contributed by atoms with Crippen molar-refractivity contribution in [3.63, 3.8) is 0 Å². The fraction of sp³-hybridized carbons (Fsp3) is 0.900. The lowest BCUT2D eigenvalue weighted by molar-refractivity contribution is -0.127. The molecule has 1 amide bonds. The average molecular weight is 237 g/mol. The third-order valence-corrected chi connectivity index (χ3v) is 2.76. The highest BCUT2D eigenvalue weighted by Gasteiger charge is 2.41. The first kappa shape index (κ1) is 14.7. The van der Waals surface area contributed by atoms with Crippen molar-refractivity contribution in [2.24, 2.45) is 11.7 Å². The standard InChI is InChI=1S/C10H20N2O2.ClH/c1-3-14-6-9(13)12-10(2,7-11)8-4-5-8;/h8H,3-7,11H2,1-2H3,(H,12,13);1H. The van der Waals surface area contributed by atoms with Crippen molar-refractivity contribution in [3.05, 3.63) is 0 Å². The molecule has 0 aromatic carbocycles. The molecule has 0 heterocycles. The Bertz CT molecular complexity index is 210. The minimum absolute atomic E-state index is 0. The number of nitrogens with two attached hydrogens (primary N) is 1. The van der Waals surface area contributed by atoms with Crippen molar-refractivity contribution in [2.75, 3.05) is 19.8 Å². The van der Waals surface area contributed by atoms with Gasteiger partial charge in [0.15, 0.2) is 0 Å². The van der Waals surface area contributed by atoms with Crippen molar-refractivity contribution in [3.8, 4) is 0 Å². The molecule has 5 heteroatoms. The summed E-state index contributed by atoms with van der Waals surface area (Å²) in [5.74, 6) is 0.491. The molecule has 3 N–H and O–H groups in total. The van der Waals surface area contributed by atoms with Crippen LogP contribution in [0.5, 0.6) is 0 Å². The topological polar surface area (TPSA) is 64.3 Å². The summed E-state index contributed by atoms with van der Waals surface area (Å²) >= 11 is 0. The van der Waals surface area contributed by atoms with Gasteiger partial charge in [-0.1, -0.05) is 0 Å². The normalized spacial score (nSPS) is 18.9. The Labute approximate surface area is 97.3 Å². The fourth-order valence-corrected chi connectivity index (χ4v) is 1.59. The number of rotatable bonds is 6. The molecule has 0 aliphatic heterocycles. The third kappa shape index (κ3) is 4.36. The number of halogens is 1. The molecule has 1 rings (SSSR count). The maximum Gasteiger partial charge on any atom is 0.246 e. The number of amides is 1. The molecule has 0 spiro atoms. The minimum Gasteiger partial charge on any atom is -0.372 e. The second-order valence-corrected chi connectivity index (χ2v) is 4.08. The van der Waals surface area contributed by atoms with E-state index in [9.17, 15) is 4.79 Å². The Morgan fingerprint density at radius 2 is 2.20 bits per heavy atom. The fourth-order valence-electron chi connectivity index (χ4n) is 1.59. The summed E-state index contributed by atoms with van der Waals surface area (Å²) < 4.78 is 5.03. The predicted octanol–water partition coefficient (Wildman–Crippen LogP) is 0.688. The van der Waals surface area contributed by atoms with E-state index in [1.807, 2.05) is 13.8 Å². The molecule has 1 saturated carbocycles. The Morgan fingerprint density at radius 3 is 2.60 bits per heavy atom. The summed E-state index contributed by atoms with van der Waals surface area (Å²) in [7, 11) is 0. The predicted molar refractivity (Wildman–Crippen MR) is 62.1 cm³/mol. The molecule has 0 aromatic heterocycles. The van der Waals surface area contributed by atoms with Crippen LogP contribution in [0.3, 0.4) is 0 Å². The van der Waals surface area contributed by atoms with Gasteiger partial charge in [-0.25, -0.2) is 0 Å². The van der Waals surface area contributed by atoms with Crippen molar-refractivity contribution in [1.82, 2.24) is 5.32 Å². The van der Waals surface area contributed by atoms with Gasteiger partial charge in [0, 0.05) is 13.2 Å². The van der Waals surface area contributed by atoms with Crippen LogP contribution < -0.4 is 11.1 Å². The van der Waals surface area contributed by atoms with Crippen LogP contribution in [0.2, 0.25) is 0 Å². The van der Waals surface area contributed by atoms with Crippen LogP contribution in [0.25, 0.3) is 0 Å². The van der Waals surface area contributed by atoms with Gasteiger partial charge in [-0.2, -0.15) is 0 Å². The van der Waals surface area contributed by atoms with Gasteiger partial charge in [0.05, 0.1) is 5.54 Å². The van der Waals surface area contributed by atoms with Gasteiger partial charge in [-0.05, 0) is 32.6 Å². The van der Waals surface area contributed by atoms with E-state index in [0.29, 0.717) is 19.1 Å². The molecule has 1 aliphatic carbocycles. The van der Waals surface area contributed by atoms with E-state index >= 15 is 0 Å². The monoisotopic (exact) mass is 236 g/mol. The largest absolute Gasteiger partial charge is 0.372 e. The van der Waals surface area contributed by atoms with E-state index < -0.39 is 0 Å². The second-order valence-electron chi connectivity index (χ2n) is 4.08. The number of ether oxygens (including phenoxy) is 1. The van der Waals surface area contributed by atoms with E-state index in [1.54, 1.807) is 0 Å². The highest BCUT2D eigenvalue weighted by atomic mass is 35.5. The molecule has 1 aliphatic rings. The lowest BCUT2D eigenvalue weighted by Crippen LogP contribution is -2.54. The molecule has 0 bridgehead atoms. The maximum atomic E-state index is 11.4. The molecule has 0 saturated heterocycles. The first-order chi connectivity index (χ1) is 6.62. The first-order valence-electron chi connectivity index (χ1n) is 5.21. The van der Waals surface area contributed by atoms with Gasteiger partial charge in [-0.3, -0.25) is 4.79 Å². The van der Waals surface area contributed by atoms with Gasteiger partial charge in [-0.15, -0.1) is 12.4 Å². The Morgan fingerprint density at radius 1 is 1.60 bits per heavy atom. The molecular formula is C10H21ClN2O2. The summed E-state index contributed by atoms with van der Waals surface area (Å²) in [6, 6.07) is 0. The zero-order valence-electron chi connectivity index (χ0n) is 9.41. The summed E-state index contributed by atoms with van der Waals surface area (Å²) in [5, 5.41) is 2.95. The summed E-state index contributed by atoms with van der Waals surface area (Å²) in [5.41, 5.74) is 5.44. The van der Waals surface area contributed by atoms with Crippen molar-refractivity contribution < 1.29 is 9.53 Å². The Hall–Kier alpha value is -0.320. The lowest BCUT2D eigenvalue weighted by atomic mass is 9.96. The molecule has 4 nitrogen and oxygen atoms in total. The van der Waals surface area contributed by atoms with E-state index in [2.05, 4.69) is 5.32 Å². The van der Waals surface area contributed by atoms with Gasteiger partial charge < -0.3 is 15.8 Å². The van der Waals surface area contributed by atoms with Crippen LogP contribution in [0, 0.1) is 5.92 Å². The van der Waals surface area contributed by atoms with E-state index in [4.69, 9.17) is 10.5 Å². The molecule has 0 radical (unpaired) electrons. The Balaban J connectivity index is 0.00000196. The molecule has 0 aromatic rings. The smallest absolute Gasteiger partial charge is 0.246 e. The van der Waals surface area contributed by atoms with Crippen LogP contribution in [0.4, 0.5) is 0 Å². The van der Waals surface area contributed by atoms with E-state index in [0.717, 1.165) is 0 Å². The van der Waals surface area contributed by atoms with E-state index in [1.165, 1.54) is 12.8 Å². The molecule has 15 heavy (non-hydrogen) atoms. The minimum atomic E-state index is -0.228. The number of carbonyl (C=O) groups excluding carboxylic acids is 1. The van der Waals surface area contributed by atoms with Crippen LogP contribution in [-0.2, 0) is 9.53 Å². The van der Waals surface area contributed by atoms with Crippen LogP contribution in [-0.4, -0.2) is 31.2 Å². The molecular weight excluding hydrogens is 216 g/mol. The zero-order valence-corrected chi connectivity index (χ0v) is 10.2. The van der Waals surface area contributed by atoms with Gasteiger partial charge in [0.1, 0.15) is 6.61 Å². The summed E-state index contributed by atoms with van der Waals surface area (Å²) in [6.07, 6.45) is 2.34. The zero-order chi connectivity index (χ0) is 10.6. The number of carbonyl (C=O) groups is 1. The highest BCUT2D eigenvalue weighted by Crippen LogP contribution is 2.38. The SMILES string of the molecule is CCOCC(=O)NC(C)(CN)C1CC1.Cl. The van der Waals surface area contributed by atoms with Crippen molar-refractivity contribution in [1.29, 1.82) is 0 Å². The van der Waals surface area contributed by atoms with Crippen LogP contribution in [0.1, 0.15) is 26.7 Å². The van der Waals surface area contributed by atoms with E-state index in [-0.39, 0.29) is 30.5 Å². The third-order valence-electron chi connectivity index (χ3n) is 2.76. The summed E-state index contributed by atoms with van der Waals surface area (Å²) in [6.45, 7) is 5.08. The number of nitrogens with one attached hydrogen (secondary N) is 1. The van der Waals surface area contributed by atoms with Crippen molar-refractivity contribution >= 4 is 18.3 Å². The first-order valence-corrected chi connectivity index (χ1v) is 5.21.